The maximum Gasteiger partial charge on any atom is 0.189 e. The molecule has 0 unspecified atom stereocenters. The van der Waals surface area contributed by atoms with Crippen molar-refractivity contribution in [1.82, 2.24) is 4.90 Å². The molecule has 0 fully saturated rings. The van der Waals surface area contributed by atoms with E-state index in [0.717, 1.165) is 76.8 Å². The molecule has 4 nitrogen and oxygen atoms in total. The summed E-state index contributed by atoms with van der Waals surface area (Å²) in [7, 11) is 0. The third kappa shape index (κ3) is 39.6. The second-order valence-electron chi connectivity index (χ2n) is 15.9. The standard InChI is InChI=1S/C46H91NO3S2/c1-4-7-10-13-16-19-22-25-30-37-45(49)51-43-34-27-33-40-47(41-42-48)39-32-26-31-38-46(50)52-44(35-28-23-20-17-14-11-8-5-2)36-29-24-21-18-15-12-9-6-3/h44,48H,4-43H2,1-3H3. The first-order chi connectivity index (χ1) is 25.6. The fraction of sp³-hybridized carbons (Fsp3) is 0.957. The number of aliphatic hydroxyl groups is 1. The molecule has 0 aliphatic carbocycles. The van der Waals surface area contributed by atoms with Gasteiger partial charge in [-0.2, -0.15) is 0 Å². The van der Waals surface area contributed by atoms with E-state index in [0.29, 0.717) is 21.9 Å². The monoisotopic (exact) mass is 770 g/mol. The highest BCUT2D eigenvalue weighted by molar-refractivity contribution is 8.14. The summed E-state index contributed by atoms with van der Waals surface area (Å²) in [6.07, 6.45) is 43.8. The average molecular weight is 770 g/mol. The number of aliphatic hydroxyl groups excluding tert-OH is 1. The van der Waals surface area contributed by atoms with Crippen LogP contribution in [0.15, 0.2) is 0 Å². The lowest BCUT2D eigenvalue weighted by Gasteiger charge is -2.21. The van der Waals surface area contributed by atoms with Crippen molar-refractivity contribution < 1.29 is 14.7 Å². The number of carbonyl (C=O) groups excluding carboxylic acids is 2. The first-order valence-electron chi connectivity index (χ1n) is 23.3. The molecule has 0 aromatic heterocycles. The maximum atomic E-state index is 13.0. The van der Waals surface area contributed by atoms with E-state index in [9.17, 15) is 14.7 Å². The summed E-state index contributed by atoms with van der Waals surface area (Å²) in [5.74, 6) is 0.946. The molecular weight excluding hydrogens is 679 g/mol. The van der Waals surface area contributed by atoms with E-state index in [-0.39, 0.29) is 6.61 Å². The lowest BCUT2D eigenvalue weighted by Crippen LogP contribution is -2.29. The van der Waals surface area contributed by atoms with E-state index in [4.69, 9.17) is 0 Å². The Hall–Kier alpha value is -0.0400. The second kappa shape index (κ2) is 43.7. The number of unbranched alkanes of at least 4 members (excludes halogenated alkanes) is 26. The fourth-order valence-electron chi connectivity index (χ4n) is 7.23. The molecule has 0 radical (unpaired) electrons. The van der Waals surface area contributed by atoms with Gasteiger partial charge in [0.15, 0.2) is 10.2 Å². The highest BCUT2D eigenvalue weighted by atomic mass is 32.2. The van der Waals surface area contributed by atoms with Crippen LogP contribution in [-0.4, -0.2) is 57.5 Å². The Morgan fingerprint density at radius 1 is 0.442 bits per heavy atom. The maximum absolute atomic E-state index is 13.0. The molecular formula is C46H91NO3S2. The van der Waals surface area contributed by atoms with Gasteiger partial charge in [0.2, 0.25) is 0 Å². The molecule has 0 aromatic rings. The highest BCUT2D eigenvalue weighted by Crippen LogP contribution is 2.27. The topological polar surface area (TPSA) is 57.6 Å². The molecule has 0 spiro atoms. The first-order valence-corrected chi connectivity index (χ1v) is 25.1. The van der Waals surface area contributed by atoms with Gasteiger partial charge in [0.05, 0.1) is 6.61 Å². The third-order valence-corrected chi connectivity index (χ3v) is 13.0. The second-order valence-corrected chi connectivity index (χ2v) is 18.4. The van der Waals surface area contributed by atoms with Crippen LogP contribution in [0.2, 0.25) is 0 Å². The average Bonchev–Trinajstić information content (AvgIpc) is 3.14. The van der Waals surface area contributed by atoms with Crippen molar-refractivity contribution in [2.45, 2.75) is 251 Å². The van der Waals surface area contributed by atoms with Crippen molar-refractivity contribution in [1.29, 1.82) is 0 Å². The molecule has 0 atom stereocenters. The Balaban J connectivity index is 4.12. The van der Waals surface area contributed by atoms with Gasteiger partial charge in [-0.05, 0) is 58.0 Å². The van der Waals surface area contributed by atoms with Crippen molar-refractivity contribution in [3.63, 3.8) is 0 Å². The Morgan fingerprint density at radius 2 is 0.808 bits per heavy atom. The van der Waals surface area contributed by atoms with Gasteiger partial charge in [-0.3, -0.25) is 9.59 Å². The largest absolute Gasteiger partial charge is 0.395 e. The molecule has 1 N–H and O–H groups in total. The van der Waals surface area contributed by atoms with Crippen molar-refractivity contribution in [3.05, 3.63) is 0 Å². The summed E-state index contributed by atoms with van der Waals surface area (Å²) in [4.78, 5) is 27.7. The minimum absolute atomic E-state index is 0.206. The zero-order chi connectivity index (χ0) is 38.0. The molecule has 6 heteroatoms. The number of hydrogen-bond acceptors (Lipinski definition) is 6. The number of rotatable bonds is 43. The van der Waals surface area contributed by atoms with Gasteiger partial charge in [-0.15, -0.1) is 0 Å². The van der Waals surface area contributed by atoms with E-state index in [1.54, 1.807) is 23.5 Å². The quantitative estimate of drug-likeness (QED) is 0.0623. The summed E-state index contributed by atoms with van der Waals surface area (Å²) in [5, 5.41) is 10.9. The van der Waals surface area contributed by atoms with E-state index < -0.39 is 0 Å². The Bertz CT molecular complexity index is 716. The molecule has 52 heavy (non-hydrogen) atoms. The van der Waals surface area contributed by atoms with Gasteiger partial charge in [0, 0.05) is 30.4 Å². The Kier molecular flexibility index (Phi) is 43.7. The lowest BCUT2D eigenvalue weighted by atomic mass is 10.0. The van der Waals surface area contributed by atoms with Crippen molar-refractivity contribution in [2.24, 2.45) is 0 Å². The van der Waals surface area contributed by atoms with E-state index in [1.807, 2.05) is 0 Å². The van der Waals surface area contributed by atoms with Crippen LogP contribution >= 0.6 is 23.5 Å². The van der Waals surface area contributed by atoms with Crippen LogP contribution in [0.5, 0.6) is 0 Å². The van der Waals surface area contributed by atoms with E-state index >= 15 is 0 Å². The van der Waals surface area contributed by atoms with Crippen LogP contribution in [0.25, 0.3) is 0 Å². The first kappa shape index (κ1) is 52.0. The molecule has 0 aromatic carbocycles. The molecule has 0 amide bonds. The number of carbonyl (C=O) groups is 2. The van der Waals surface area contributed by atoms with Crippen LogP contribution < -0.4 is 0 Å². The molecule has 0 saturated carbocycles. The van der Waals surface area contributed by atoms with Crippen molar-refractivity contribution in [3.8, 4) is 0 Å². The van der Waals surface area contributed by atoms with Gasteiger partial charge in [0.1, 0.15) is 0 Å². The van der Waals surface area contributed by atoms with Crippen LogP contribution in [-0.2, 0) is 9.59 Å². The zero-order valence-electron chi connectivity index (χ0n) is 35.4. The van der Waals surface area contributed by atoms with Crippen LogP contribution in [0.3, 0.4) is 0 Å². The van der Waals surface area contributed by atoms with Crippen LogP contribution in [0, 0.1) is 0 Å². The van der Waals surface area contributed by atoms with Gasteiger partial charge in [-0.1, -0.05) is 211 Å². The number of hydrogen-bond donors (Lipinski definition) is 1. The summed E-state index contributed by atoms with van der Waals surface area (Å²) < 4.78 is 0. The summed E-state index contributed by atoms with van der Waals surface area (Å²) >= 11 is 3.23. The molecule has 0 aliphatic rings. The summed E-state index contributed by atoms with van der Waals surface area (Å²) in [6.45, 7) is 9.80. The predicted molar refractivity (Wildman–Crippen MR) is 236 cm³/mol. The summed E-state index contributed by atoms with van der Waals surface area (Å²) in [6, 6.07) is 0. The molecule has 0 heterocycles. The van der Waals surface area contributed by atoms with E-state index in [1.165, 1.54) is 167 Å². The molecule has 0 rings (SSSR count). The Labute approximate surface area is 334 Å². The molecule has 310 valence electrons. The van der Waals surface area contributed by atoms with Crippen LogP contribution in [0.4, 0.5) is 0 Å². The van der Waals surface area contributed by atoms with Gasteiger partial charge < -0.3 is 10.0 Å². The fourth-order valence-corrected chi connectivity index (χ4v) is 9.30. The number of nitrogens with zero attached hydrogens (tertiary/aromatic N) is 1. The van der Waals surface area contributed by atoms with Crippen molar-refractivity contribution >= 4 is 33.8 Å². The summed E-state index contributed by atoms with van der Waals surface area (Å²) in [5.41, 5.74) is 0. The van der Waals surface area contributed by atoms with Crippen molar-refractivity contribution in [2.75, 3.05) is 32.0 Å². The predicted octanol–water partition coefficient (Wildman–Crippen LogP) is 14.9. The number of thioether (sulfide) groups is 2. The van der Waals surface area contributed by atoms with E-state index in [2.05, 4.69) is 25.7 Å². The SMILES string of the molecule is CCCCCCCCCCCC(=O)SCCCCCN(CCO)CCCCCC(=O)SC(CCCCCCCCCC)CCCCCCCCCC. The molecule has 0 saturated heterocycles. The van der Waals surface area contributed by atoms with Gasteiger partial charge in [0.25, 0.3) is 0 Å². The zero-order valence-corrected chi connectivity index (χ0v) is 37.0. The molecule has 0 aliphatic heterocycles. The van der Waals surface area contributed by atoms with Crippen LogP contribution in [0.1, 0.15) is 245 Å². The minimum atomic E-state index is 0.206. The highest BCUT2D eigenvalue weighted by Gasteiger charge is 2.15. The molecule has 0 bridgehead atoms. The van der Waals surface area contributed by atoms with Gasteiger partial charge in [-0.25, -0.2) is 0 Å². The normalized spacial score (nSPS) is 11.7. The lowest BCUT2D eigenvalue weighted by molar-refractivity contribution is -0.111. The Morgan fingerprint density at radius 3 is 1.25 bits per heavy atom. The minimum Gasteiger partial charge on any atom is -0.395 e. The third-order valence-electron chi connectivity index (χ3n) is 10.7. The smallest absolute Gasteiger partial charge is 0.189 e. The van der Waals surface area contributed by atoms with Gasteiger partial charge >= 0.3 is 0 Å².